The molecule has 0 amide bonds. The number of nitrogens with zero attached hydrogens (tertiary/aromatic N) is 1. The Morgan fingerprint density at radius 2 is 2.00 bits per heavy atom. The van der Waals surface area contributed by atoms with E-state index < -0.39 is 0 Å². The standard InChI is InChI=1S/C17H29BrN2/c1-5-9-19-11-15-7-8-16(17(18)10-15)13-20(6-2)12-14(3)4/h7-8,10,14,19H,5-6,9,11-13H2,1-4H3. The van der Waals surface area contributed by atoms with Gasteiger partial charge in [0.15, 0.2) is 0 Å². The van der Waals surface area contributed by atoms with E-state index in [9.17, 15) is 0 Å². The molecule has 3 heteroatoms. The Labute approximate surface area is 133 Å². The number of halogens is 1. The highest BCUT2D eigenvalue weighted by Crippen LogP contribution is 2.21. The van der Waals surface area contributed by atoms with E-state index in [-0.39, 0.29) is 0 Å². The van der Waals surface area contributed by atoms with Crippen LogP contribution in [-0.2, 0) is 13.1 Å². The lowest BCUT2D eigenvalue weighted by Crippen LogP contribution is -2.27. The fourth-order valence-electron chi connectivity index (χ4n) is 2.30. The first-order chi connectivity index (χ1) is 9.56. The zero-order chi connectivity index (χ0) is 15.0. The molecule has 0 aliphatic rings. The van der Waals surface area contributed by atoms with Crippen LogP contribution in [0.2, 0.25) is 0 Å². The van der Waals surface area contributed by atoms with Crippen LogP contribution in [0.4, 0.5) is 0 Å². The molecule has 1 aromatic rings. The second-order valence-corrected chi connectivity index (χ2v) is 6.68. The molecule has 0 bridgehead atoms. The first-order valence-electron chi connectivity index (χ1n) is 7.77. The van der Waals surface area contributed by atoms with E-state index in [1.54, 1.807) is 0 Å². The minimum atomic E-state index is 0.714. The van der Waals surface area contributed by atoms with Crippen molar-refractivity contribution in [2.45, 2.75) is 47.2 Å². The maximum atomic E-state index is 3.73. The summed E-state index contributed by atoms with van der Waals surface area (Å²) in [6, 6.07) is 6.75. The summed E-state index contributed by atoms with van der Waals surface area (Å²) in [6.45, 7) is 14.3. The third-order valence-electron chi connectivity index (χ3n) is 3.34. The Hall–Kier alpha value is -0.380. The van der Waals surface area contributed by atoms with Crippen LogP contribution in [0.1, 0.15) is 45.2 Å². The van der Waals surface area contributed by atoms with Gasteiger partial charge in [-0.15, -0.1) is 0 Å². The molecule has 0 saturated heterocycles. The Balaban J connectivity index is 2.62. The highest BCUT2D eigenvalue weighted by atomic mass is 79.9. The van der Waals surface area contributed by atoms with Gasteiger partial charge >= 0.3 is 0 Å². The van der Waals surface area contributed by atoms with E-state index in [0.717, 1.165) is 32.7 Å². The Morgan fingerprint density at radius 3 is 2.55 bits per heavy atom. The summed E-state index contributed by atoms with van der Waals surface area (Å²) >= 11 is 3.73. The maximum absolute atomic E-state index is 3.73. The number of rotatable bonds is 9. The molecule has 1 rings (SSSR count). The lowest BCUT2D eigenvalue weighted by atomic mass is 10.1. The van der Waals surface area contributed by atoms with Crippen molar-refractivity contribution < 1.29 is 0 Å². The molecule has 0 aliphatic heterocycles. The second-order valence-electron chi connectivity index (χ2n) is 5.82. The normalized spacial score (nSPS) is 11.6. The van der Waals surface area contributed by atoms with Gasteiger partial charge in [0.1, 0.15) is 0 Å². The van der Waals surface area contributed by atoms with E-state index in [0.29, 0.717) is 5.92 Å². The van der Waals surface area contributed by atoms with E-state index in [1.807, 2.05) is 0 Å². The lowest BCUT2D eigenvalue weighted by Gasteiger charge is -2.23. The first kappa shape index (κ1) is 17.7. The molecular weight excluding hydrogens is 312 g/mol. The van der Waals surface area contributed by atoms with Gasteiger partial charge in [0.05, 0.1) is 0 Å². The van der Waals surface area contributed by atoms with Crippen LogP contribution in [0.5, 0.6) is 0 Å². The van der Waals surface area contributed by atoms with Gasteiger partial charge in [-0.25, -0.2) is 0 Å². The van der Waals surface area contributed by atoms with Crippen LogP contribution in [0.3, 0.4) is 0 Å². The van der Waals surface area contributed by atoms with Crippen molar-refractivity contribution in [2.75, 3.05) is 19.6 Å². The van der Waals surface area contributed by atoms with Crippen LogP contribution >= 0.6 is 15.9 Å². The summed E-state index contributed by atoms with van der Waals surface area (Å²) in [7, 11) is 0. The summed E-state index contributed by atoms with van der Waals surface area (Å²) in [5, 5.41) is 3.44. The van der Waals surface area contributed by atoms with Crippen molar-refractivity contribution in [3.8, 4) is 0 Å². The number of hydrogen-bond acceptors (Lipinski definition) is 2. The minimum Gasteiger partial charge on any atom is -0.313 e. The highest BCUT2D eigenvalue weighted by molar-refractivity contribution is 9.10. The van der Waals surface area contributed by atoms with E-state index in [2.05, 4.69) is 72.0 Å². The van der Waals surface area contributed by atoms with Crippen molar-refractivity contribution in [3.63, 3.8) is 0 Å². The zero-order valence-corrected chi connectivity index (χ0v) is 15.0. The van der Waals surface area contributed by atoms with Gasteiger partial charge in [0, 0.05) is 24.1 Å². The summed E-state index contributed by atoms with van der Waals surface area (Å²) in [4.78, 5) is 2.50. The SMILES string of the molecule is CCCNCc1ccc(CN(CC)CC(C)C)c(Br)c1. The monoisotopic (exact) mass is 340 g/mol. The molecule has 1 N–H and O–H groups in total. The Morgan fingerprint density at radius 1 is 1.25 bits per heavy atom. The summed E-state index contributed by atoms with van der Waals surface area (Å²) in [5.41, 5.74) is 2.73. The van der Waals surface area contributed by atoms with E-state index in [1.165, 1.54) is 22.0 Å². The minimum absolute atomic E-state index is 0.714. The molecule has 2 nitrogen and oxygen atoms in total. The van der Waals surface area contributed by atoms with Crippen molar-refractivity contribution in [1.82, 2.24) is 10.2 Å². The third kappa shape index (κ3) is 6.38. The van der Waals surface area contributed by atoms with Crippen LogP contribution < -0.4 is 5.32 Å². The molecule has 0 spiro atoms. The van der Waals surface area contributed by atoms with Crippen LogP contribution in [0, 0.1) is 5.92 Å². The maximum Gasteiger partial charge on any atom is 0.0244 e. The Bertz CT molecular complexity index is 391. The molecule has 0 unspecified atom stereocenters. The van der Waals surface area contributed by atoms with Gasteiger partial charge in [-0.05, 0) is 42.6 Å². The van der Waals surface area contributed by atoms with Crippen LogP contribution in [-0.4, -0.2) is 24.5 Å². The smallest absolute Gasteiger partial charge is 0.0244 e. The lowest BCUT2D eigenvalue weighted by molar-refractivity contribution is 0.248. The molecule has 0 heterocycles. The quantitative estimate of drug-likeness (QED) is 0.669. The predicted molar refractivity (Wildman–Crippen MR) is 91.9 cm³/mol. The topological polar surface area (TPSA) is 15.3 Å². The molecule has 0 fully saturated rings. The molecular formula is C17H29BrN2. The first-order valence-corrected chi connectivity index (χ1v) is 8.56. The summed E-state index contributed by atoms with van der Waals surface area (Å²) in [5.74, 6) is 0.714. The van der Waals surface area contributed by atoms with Crippen molar-refractivity contribution >= 4 is 15.9 Å². The fourth-order valence-corrected chi connectivity index (χ4v) is 2.85. The number of nitrogens with one attached hydrogen (secondary N) is 1. The third-order valence-corrected chi connectivity index (χ3v) is 4.08. The largest absolute Gasteiger partial charge is 0.313 e. The van der Waals surface area contributed by atoms with E-state index >= 15 is 0 Å². The van der Waals surface area contributed by atoms with E-state index in [4.69, 9.17) is 0 Å². The molecule has 0 atom stereocenters. The molecule has 0 radical (unpaired) electrons. The van der Waals surface area contributed by atoms with Gasteiger partial charge in [0.25, 0.3) is 0 Å². The van der Waals surface area contributed by atoms with Gasteiger partial charge in [-0.2, -0.15) is 0 Å². The summed E-state index contributed by atoms with van der Waals surface area (Å²) in [6.07, 6.45) is 1.18. The average Bonchev–Trinajstić information content (AvgIpc) is 2.40. The second kappa shape index (κ2) is 9.54. The molecule has 20 heavy (non-hydrogen) atoms. The van der Waals surface area contributed by atoms with Crippen molar-refractivity contribution in [1.29, 1.82) is 0 Å². The van der Waals surface area contributed by atoms with Crippen LogP contribution in [0.25, 0.3) is 0 Å². The molecule has 0 saturated carbocycles. The van der Waals surface area contributed by atoms with Crippen LogP contribution in [0.15, 0.2) is 22.7 Å². The van der Waals surface area contributed by atoms with Crippen molar-refractivity contribution in [2.24, 2.45) is 5.92 Å². The molecule has 0 aromatic heterocycles. The number of benzene rings is 1. The average molecular weight is 341 g/mol. The summed E-state index contributed by atoms with van der Waals surface area (Å²) < 4.78 is 1.23. The predicted octanol–water partition coefficient (Wildman–Crippen LogP) is 4.43. The number of hydrogen-bond donors (Lipinski definition) is 1. The zero-order valence-electron chi connectivity index (χ0n) is 13.4. The van der Waals surface area contributed by atoms with Gasteiger partial charge in [0.2, 0.25) is 0 Å². The molecule has 114 valence electrons. The van der Waals surface area contributed by atoms with Gasteiger partial charge in [-0.1, -0.05) is 55.8 Å². The highest BCUT2D eigenvalue weighted by Gasteiger charge is 2.09. The van der Waals surface area contributed by atoms with Gasteiger partial charge < -0.3 is 5.32 Å². The fraction of sp³-hybridized carbons (Fsp3) is 0.647. The molecule has 1 aromatic carbocycles. The Kier molecular flexibility index (Phi) is 8.43. The van der Waals surface area contributed by atoms with Gasteiger partial charge in [-0.3, -0.25) is 4.90 Å². The molecule has 0 aliphatic carbocycles. The van der Waals surface area contributed by atoms with Crippen molar-refractivity contribution in [3.05, 3.63) is 33.8 Å².